The molecule has 0 aliphatic rings. The summed E-state index contributed by atoms with van der Waals surface area (Å²) in [5, 5.41) is 15.7. The van der Waals surface area contributed by atoms with Gasteiger partial charge in [0.25, 0.3) is 0 Å². The highest BCUT2D eigenvalue weighted by molar-refractivity contribution is 5.81. The monoisotopic (exact) mass is 246 g/mol. The summed E-state index contributed by atoms with van der Waals surface area (Å²) in [6, 6.07) is -0.310. The number of aliphatic hydroxyl groups is 1. The van der Waals surface area contributed by atoms with Crippen molar-refractivity contribution in [2.75, 3.05) is 26.8 Å². The Morgan fingerprint density at radius 3 is 2.71 bits per heavy atom. The molecule has 0 aromatic rings. The fourth-order valence-electron chi connectivity index (χ4n) is 1.52. The molecule has 0 aliphatic carbocycles. The maximum atomic E-state index is 11.6. The summed E-state index contributed by atoms with van der Waals surface area (Å²) in [7, 11) is 1.59. The Kier molecular flexibility index (Phi) is 8.12. The second kappa shape index (κ2) is 8.44. The molecule has 0 fully saturated rings. The smallest absolute Gasteiger partial charge is 0.236 e. The van der Waals surface area contributed by atoms with Crippen molar-refractivity contribution in [2.24, 2.45) is 0 Å². The molecule has 2 unspecified atom stereocenters. The van der Waals surface area contributed by atoms with E-state index >= 15 is 0 Å². The quantitative estimate of drug-likeness (QED) is 0.511. The van der Waals surface area contributed by atoms with E-state index in [4.69, 9.17) is 4.74 Å². The molecule has 0 saturated carbocycles. The van der Waals surface area contributed by atoms with Crippen LogP contribution in [0.15, 0.2) is 0 Å². The fourth-order valence-corrected chi connectivity index (χ4v) is 1.52. The van der Waals surface area contributed by atoms with Crippen molar-refractivity contribution < 1.29 is 14.6 Å². The van der Waals surface area contributed by atoms with Gasteiger partial charge in [-0.3, -0.25) is 4.79 Å². The van der Waals surface area contributed by atoms with Gasteiger partial charge in [0.15, 0.2) is 0 Å². The summed E-state index contributed by atoms with van der Waals surface area (Å²) >= 11 is 0. The minimum Gasteiger partial charge on any atom is -0.389 e. The van der Waals surface area contributed by atoms with E-state index in [1.165, 1.54) is 0 Å². The lowest BCUT2D eigenvalue weighted by atomic mass is 10.0. The normalized spacial score (nSPS) is 16.3. The molecule has 0 aromatic heterocycles. The lowest BCUT2D eigenvalue weighted by Gasteiger charge is -2.25. The van der Waals surface area contributed by atoms with Gasteiger partial charge in [0.2, 0.25) is 5.91 Å². The minimum absolute atomic E-state index is 0.0747. The van der Waals surface area contributed by atoms with Gasteiger partial charge in [0.1, 0.15) is 0 Å². The number of rotatable bonds is 9. The third-order valence-corrected chi connectivity index (χ3v) is 2.58. The summed E-state index contributed by atoms with van der Waals surface area (Å²) in [6.45, 7) is 7.01. The van der Waals surface area contributed by atoms with Crippen molar-refractivity contribution in [2.45, 2.75) is 45.3 Å². The van der Waals surface area contributed by atoms with Crippen molar-refractivity contribution >= 4 is 5.91 Å². The van der Waals surface area contributed by atoms with Crippen molar-refractivity contribution in [1.82, 2.24) is 10.6 Å². The number of carbonyl (C=O) groups is 1. The lowest BCUT2D eigenvalue weighted by Crippen LogP contribution is -2.48. The van der Waals surface area contributed by atoms with Crippen LogP contribution in [0.2, 0.25) is 0 Å². The predicted molar refractivity (Wildman–Crippen MR) is 67.9 cm³/mol. The first-order chi connectivity index (χ1) is 7.93. The number of carbonyl (C=O) groups excluding carboxylic acids is 1. The molecule has 0 rings (SSSR count). The Morgan fingerprint density at radius 2 is 2.18 bits per heavy atom. The fraction of sp³-hybridized carbons (Fsp3) is 0.917. The average Bonchev–Trinajstić information content (AvgIpc) is 2.26. The first kappa shape index (κ1) is 16.4. The van der Waals surface area contributed by atoms with E-state index in [9.17, 15) is 9.90 Å². The molecular weight excluding hydrogens is 220 g/mol. The number of hydrogen-bond donors (Lipinski definition) is 3. The van der Waals surface area contributed by atoms with E-state index in [2.05, 4.69) is 10.6 Å². The van der Waals surface area contributed by atoms with E-state index in [1.807, 2.05) is 6.92 Å². The highest BCUT2D eigenvalue weighted by Gasteiger charge is 2.21. The number of amides is 1. The molecule has 0 radical (unpaired) electrons. The molecule has 0 aliphatic heterocycles. The Bertz CT molecular complexity index is 220. The van der Waals surface area contributed by atoms with Crippen LogP contribution in [0.1, 0.15) is 33.6 Å². The molecule has 0 saturated heterocycles. The molecule has 102 valence electrons. The maximum Gasteiger partial charge on any atom is 0.236 e. The standard InChI is InChI=1S/C12H26N2O3/c1-5-6-12(3,16)9-14-10(2)11(15)13-7-8-17-4/h10,14,16H,5-9H2,1-4H3,(H,13,15). The van der Waals surface area contributed by atoms with Crippen LogP contribution in [0.3, 0.4) is 0 Å². The first-order valence-electron chi connectivity index (χ1n) is 6.15. The molecule has 0 bridgehead atoms. The highest BCUT2D eigenvalue weighted by atomic mass is 16.5. The minimum atomic E-state index is -0.754. The van der Waals surface area contributed by atoms with Crippen LogP contribution in [0.5, 0.6) is 0 Å². The largest absolute Gasteiger partial charge is 0.389 e. The average molecular weight is 246 g/mol. The highest BCUT2D eigenvalue weighted by Crippen LogP contribution is 2.10. The Morgan fingerprint density at radius 1 is 1.53 bits per heavy atom. The van der Waals surface area contributed by atoms with Crippen molar-refractivity contribution in [3.8, 4) is 0 Å². The number of nitrogens with one attached hydrogen (secondary N) is 2. The molecule has 0 spiro atoms. The summed E-state index contributed by atoms with van der Waals surface area (Å²) in [5.41, 5.74) is -0.754. The van der Waals surface area contributed by atoms with Gasteiger partial charge in [0.05, 0.1) is 18.2 Å². The van der Waals surface area contributed by atoms with Crippen LogP contribution in [-0.4, -0.2) is 49.5 Å². The van der Waals surface area contributed by atoms with Crippen LogP contribution in [-0.2, 0) is 9.53 Å². The van der Waals surface area contributed by atoms with Crippen LogP contribution in [0, 0.1) is 0 Å². The molecule has 5 nitrogen and oxygen atoms in total. The summed E-state index contributed by atoms with van der Waals surface area (Å²) in [6.07, 6.45) is 1.64. The number of ether oxygens (including phenoxy) is 1. The van der Waals surface area contributed by atoms with E-state index in [0.29, 0.717) is 19.7 Å². The van der Waals surface area contributed by atoms with Crippen LogP contribution >= 0.6 is 0 Å². The van der Waals surface area contributed by atoms with E-state index < -0.39 is 5.60 Å². The van der Waals surface area contributed by atoms with Gasteiger partial charge in [-0.05, 0) is 20.3 Å². The Balaban J connectivity index is 3.84. The SMILES string of the molecule is CCCC(C)(O)CNC(C)C(=O)NCCOC. The van der Waals surface area contributed by atoms with Gasteiger partial charge >= 0.3 is 0 Å². The number of methoxy groups -OCH3 is 1. The van der Waals surface area contributed by atoms with Crippen molar-refractivity contribution in [3.63, 3.8) is 0 Å². The number of hydrogen-bond acceptors (Lipinski definition) is 4. The molecular formula is C12H26N2O3. The molecule has 17 heavy (non-hydrogen) atoms. The van der Waals surface area contributed by atoms with Crippen LogP contribution in [0.25, 0.3) is 0 Å². The summed E-state index contributed by atoms with van der Waals surface area (Å²) < 4.78 is 4.84. The van der Waals surface area contributed by atoms with Crippen LogP contribution in [0.4, 0.5) is 0 Å². The maximum absolute atomic E-state index is 11.6. The Hall–Kier alpha value is -0.650. The van der Waals surface area contributed by atoms with Gasteiger partial charge in [-0.15, -0.1) is 0 Å². The van der Waals surface area contributed by atoms with E-state index in [0.717, 1.165) is 12.8 Å². The zero-order valence-corrected chi connectivity index (χ0v) is 11.4. The van der Waals surface area contributed by atoms with Gasteiger partial charge < -0.3 is 20.5 Å². The summed E-state index contributed by atoms with van der Waals surface area (Å²) in [5.74, 6) is -0.0747. The van der Waals surface area contributed by atoms with Gasteiger partial charge in [0, 0.05) is 20.2 Å². The second-order valence-corrected chi connectivity index (χ2v) is 4.63. The molecule has 0 aromatic carbocycles. The van der Waals surface area contributed by atoms with Gasteiger partial charge in [-0.25, -0.2) is 0 Å². The first-order valence-corrected chi connectivity index (χ1v) is 6.15. The van der Waals surface area contributed by atoms with Gasteiger partial charge in [-0.2, -0.15) is 0 Å². The zero-order valence-electron chi connectivity index (χ0n) is 11.4. The second-order valence-electron chi connectivity index (χ2n) is 4.63. The van der Waals surface area contributed by atoms with Crippen molar-refractivity contribution in [3.05, 3.63) is 0 Å². The van der Waals surface area contributed by atoms with Gasteiger partial charge in [-0.1, -0.05) is 13.3 Å². The van der Waals surface area contributed by atoms with E-state index in [1.54, 1.807) is 21.0 Å². The van der Waals surface area contributed by atoms with Crippen LogP contribution < -0.4 is 10.6 Å². The molecule has 0 heterocycles. The lowest BCUT2D eigenvalue weighted by molar-refractivity contribution is -0.123. The van der Waals surface area contributed by atoms with Crippen molar-refractivity contribution in [1.29, 1.82) is 0 Å². The topological polar surface area (TPSA) is 70.6 Å². The molecule has 5 heteroatoms. The predicted octanol–water partition coefficient (Wildman–Crippen LogP) is 0.278. The third kappa shape index (κ3) is 8.12. The summed E-state index contributed by atoms with van der Waals surface area (Å²) in [4.78, 5) is 11.6. The zero-order chi connectivity index (χ0) is 13.3. The molecule has 2 atom stereocenters. The third-order valence-electron chi connectivity index (χ3n) is 2.58. The van der Waals surface area contributed by atoms with E-state index in [-0.39, 0.29) is 11.9 Å². The molecule has 1 amide bonds. The molecule has 3 N–H and O–H groups in total. The Labute approximate surface area is 104 Å².